The monoisotopic (exact) mass is 324 g/mol. The van der Waals surface area contributed by atoms with Gasteiger partial charge in [0.25, 0.3) is 0 Å². The number of halogens is 3. The molecule has 1 heterocycles. The first-order chi connectivity index (χ1) is 10.8. The molecular weight excluding hydrogens is 313 g/mol. The Balaban J connectivity index is 2.20. The van der Waals surface area contributed by atoms with Crippen molar-refractivity contribution in [2.45, 2.75) is 25.6 Å². The van der Waals surface area contributed by atoms with E-state index in [9.17, 15) is 18.0 Å². The van der Waals surface area contributed by atoms with Gasteiger partial charge in [0.05, 0.1) is 6.07 Å². The number of aromatic nitrogens is 2. The summed E-state index contributed by atoms with van der Waals surface area (Å²) in [6.07, 6.45) is -4.47. The molecule has 23 heavy (non-hydrogen) atoms. The molecule has 1 aromatic carbocycles. The van der Waals surface area contributed by atoms with Crippen molar-refractivity contribution in [3.05, 3.63) is 35.7 Å². The molecular formula is C14H11F3N4O2. The summed E-state index contributed by atoms with van der Waals surface area (Å²) in [5.41, 5.74) is 0.795. The topological polar surface area (TPSA) is 91.8 Å². The summed E-state index contributed by atoms with van der Waals surface area (Å²) in [7, 11) is 0. The van der Waals surface area contributed by atoms with Crippen molar-refractivity contribution < 1.29 is 22.5 Å². The minimum atomic E-state index is -4.71. The molecule has 1 unspecified atom stereocenters. The van der Waals surface area contributed by atoms with Crippen LogP contribution in [0.1, 0.15) is 30.8 Å². The Morgan fingerprint density at radius 1 is 1.39 bits per heavy atom. The van der Waals surface area contributed by atoms with Crippen LogP contribution in [0, 0.1) is 11.3 Å². The number of carbonyl (C=O) groups excluding carboxylic acids is 1. The van der Waals surface area contributed by atoms with Gasteiger partial charge in [0.1, 0.15) is 6.04 Å². The molecule has 0 spiro atoms. The number of nitrogens with zero attached hydrogens (tertiary/aromatic N) is 3. The summed E-state index contributed by atoms with van der Waals surface area (Å²) in [5.74, 6) is -1.93. The van der Waals surface area contributed by atoms with Crippen LogP contribution < -0.4 is 5.32 Å². The average molecular weight is 324 g/mol. The lowest BCUT2D eigenvalue weighted by Crippen LogP contribution is -2.26. The number of nitriles is 1. The maximum atomic E-state index is 12.4. The third kappa shape index (κ3) is 3.85. The van der Waals surface area contributed by atoms with Crippen LogP contribution in [0.25, 0.3) is 11.4 Å². The number of hydrogen-bond donors (Lipinski definition) is 1. The zero-order valence-electron chi connectivity index (χ0n) is 11.9. The molecule has 2 aromatic rings. The zero-order chi connectivity index (χ0) is 17.0. The van der Waals surface area contributed by atoms with E-state index >= 15 is 0 Å². The van der Waals surface area contributed by atoms with E-state index in [2.05, 4.69) is 20.0 Å². The van der Waals surface area contributed by atoms with E-state index < -0.39 is 18.1 Å². The molecule has 120 valence electrons. The fraction of sp³-hybridized carbons (Fsp3) is 0.286. The molecule has 0 radical (unpaired) electrons. The van der Waals surface area contributed by atoms with Gasteiger partial charge in [-0.3, -0.25) is 4.79 Å². The van der Waals surface area contributed by atoms with Gasteiger partial charge in [-0.15, -0.1) is 0 Å². The van der Waals surface area contributed by atoms with E-state index in [1.165, 1.54) is 24.3 Å². The minimum absolute atomic E-state index is 0.213. The fourth-order valence-corrected chi connectivity index (χ4v) is 1.73. The maximum Gasteiger partial charge on any atom is 0.471 e. The lowest BCUT2D eigenvalue weighted by molar-refractivity contribution is -0.159. The van der Waals surface area contributed by atoms with E-state index in [-0.39, 0.29) is 18.2 Å². The van der Waals surface area contributed by atoms with E-state index in [4.69, 9.17) is 5.26 Å². The van der Waals surface area contributed by atoms with Crippen LogP contribution in [0.4, 0.5) is 13.2 Å². The van der Waals surface area contributed by atoms with Gasteiger partial charge < -0.3 is 9.84 Å². The molecule has 9 heteroatoms. The van der Waals surface area contributed by atoms with Gasteiger partial charge in [0, 0.05) is 12.0 Å². The van der Waals surface area contributed by atoms with Crippen LogP contribution in [0.3, 0.4) is 0 Å². The van der Waals surface area contributed by atoms with Crippen LogP contribution in [-0.2, 0) is 11.0 Å². The highest BCUT2D eigenvalue weighted by Gasteiger charge is 2.38. The molecule has 0 fully saturated rings. The van der Waals surface area contributed by atoms with Gasteiger partial charge in [-0.25, -0.2) is 0 Å². The lowest BCUT2D eigenvalue weighted by atomic mass is 10.1. The molecule has 0 bridgehead atoms. The number of carbonyl (C=O) groups is 1. The molecule has 0 saturated heterocycles. The van der Waals surface area contributed by atoms with Crippen LogP contribution in [0.5, 0.6) is 0 Å². The van der Waals surface area contributed by atoms with E-state index in [1.54, 1.807) is 6.92 Å². The van der Waals surface area contributed by atoms with Crippen molar-refractivity contribution in [2.75, 3.05) is 0 Å². The number of benzene rings is 1. The molecule has 1 amide bonds. The number of hydrogen-bond acceptors (Lipinski definition) is 5. The largest absolute Gasteiger partial charge is 0.471 e. The second-order valence-electron chi connectivity index (χ2n) is 4.53. The molecule has 6 nitrogen and oxygen atoms in total. The molecule has 0 aliphatic carbocycles. The van der Waals surface area contributed by atoms with Crippen LogP contribution >= 0.6 is 0 Å². The predicted octanol–water partition coefficient (Wildman–Crippen LogP) is 2.85. The molecule has 0 aliphatic rings. The molecule has 0 saturated carbocycles. The number of alkyl halides is 3. The van der Waals surface area contributed by atoms with Gasteiger partial charge >= 0.3 is 12.1 Å². The van der Waals surface area contributed by atoms with E-state index in [1.807, 2.05) is 6.07 Å². The average Bonchev–Trinajstić information content (AvgIpc) is 3.02. The lowest BCUT2D eigenvalue weighted by Gasteiger charge is -2.11. The third-order valence-corrected chi connectivity index (χ3v) is 2.93. The van der Waals surface area contributed by atoms with E-state index in [0.29, 0.717) is 11.1 Å². The van der Waals surface area contributed by atoms with E-state index in [0.717, 1.165) is 0 Å². The second-order valence-corrected chi connectivity index (χ2v) is 4.53. The standard InChI is InChI=1S/C14H11F3N4O2/c1-2-11(22)19-10(7-18)8-3-5-9(6-4-8)12-20-13(23-21-12)14(15,16)17/h3-6,10H,2H2,1H3,(H,19,22). The number of amides is 1. The Hall–Kier alpha value is -2.89. The van der Waals surface area contributed by atoms with Gasteiger partial charge in [-0.1, -0.05) is 36.3 Å². The smallest absolute Gasteiger partial charge is 0.337 e. The summed E-state index contributed by atoms with van der Waals surface area (Å²) in [6, 6.07) is 7.00. The Morgan fingerprint density at radius 2 is 2.04 bits per heavy atom. The maximum absolute atomic E-state index is 12.4. The van der Waals surface area contributed by atoms with Crippen molar-refractivity contribution in [3.63, 3.8) is 0 Å². The predicted molar refractivity (Wildman–Crippen MR) is 71.5 cm³/mol. The quantitative estimate of drug-likeness (QED) is 0.933. The Morgan fingerprint density at radius 3 is 2.52 bits per heavy atom. The first-order valence-corrected chi connectivity index (χ1v) is 6.55. The Labute approximate surface area is 128 Å². The number of rotatable bonds is 4. The summed E-state index contributed by atoms with van der Waals surface area (Å²) in [4.78, 5) is 14.6. The Kier molecular flexibility index (Phi) is 4.64. The normalized spacial score (nSPS) is 12.5. The van der Waals surface area contributed by atoms with Crippen molar-refractivity contribution in [2.24, 2.45) is 0 Å². The highest BCUT2D eigenvalue weighted by molar-refractivity contribution is 5.76. The summed E-state index contributed by atoms with van der Waals surface area (Å²) >= 11 is 0. The second kappa shape index (κ2) is 6.48. The molecule has 1 N–H and O–H groups in total. The summed E-state index contributed by atoms with van der Waals surface area (Å²) in [5, 5.41) is 14.9. The van der Waals surface area contributed by atoms with Gasteiger partial charge in [-0.05, 0) is 5.56 Å². The SMILES string of the molecule is CCC(=O)NC(C#N)c1ccc(-c2noc(C(F)(F)F)n2)cc1. The fourth-order valence-electron chi connectivity index (χ4n) is 1.73. The van der Waals surface area contributed by atoms with Crippen molar-refractivity contribution in [1.82, 2.24) is 15.5 Å². The van der Waals surface area contributed by atoms with Crippen LogP contribution in [-0.4, -0.2) is 16.0 Å². The highest BCUT2D eigenvalue weighted by atomic mass is 19.4. The minimum Gasteiger partial charge on any atom is -0.337 e. The van der Waals surface area contributed by atoms with Crippen LogP contribution in [0.2, 0.25) is 0 Å². The van der Waals surface area contributed by atoms with Gasteiger partial charge in [0.2, 0.25) is 11.7 Å². The third-order valence-electron chi connectivity index (χ3n) is 2.93. The zero-order valence-corrected chi connectivity index (χ0v) is 11.9. The van der Waals surface area contributed by atoms with Crippen LogP contribution in [0.15, 0.2) is 28.8 Å². The summed E-state index contributed by atoms with van der Waals surface area (Å²) in [6.45, 7) is 1.65. The molecule has 1 atom stereocenters. The molecule has 2 rings (SSSR count). The Bertz CT molecular complexity index is 732. The van der Waals surface area contributed by atoms with Gasteiger partial charge in [0.15, 0.2) is 0 Å². The first-order valence-electron chi connectivity index (χ1n) is 6.55. The van der Waals surface area contributed by atoms with Crippen molar-refractivity contribution >= 4 is 5.91 Å². The number of nitrogens with one attached hydrogen (secondary N) is 1. The van der Waals surface area contributed by atoms with Crippen molar-refractivity contribution in [3.8, 4) is 17.5 Å². The molecule has 1 aromatic heterocycles. The summed E-state index contributed by atoms with van der Waals surface area (Å²) < 4.78 is 41.4. The molecule has 0 aliphatic heterocycles. The van der Waals surface area contributed by atoms with Gasteiger partial charge in [-0.2, -0.15) is 23.4 Å². The highest BCUT2D eigenvalue weighted by Crippen LogP contribution is 2.29. The first kappa shape index (κ1) is 16.5. The van der Waals surface area contributed by atoms with Crippen molar-refractivity contribution in [1.29, 1.82) is 5.26 Å².